The summed E-state index contributed by atoms with van der Waals surface area (Å²) >= 11 is 5.07. The van der Waals surface area contributed by atoms with Crippen LogP contribution >= 0.6 is 12.2 Å². The Hall–Kier alpha value is -0.310. The fraction of sp³-hybridized carbons (Fsp3) is 0.917. The fourth-order valence-corrected chi connectivity index (χ4v) is 1.75. The van der Waals surface area contributed by atoms with Gasteiger partial charge < -0.3 is 10.6 Å². The Morgan fingerprint density at radius 3 is 2.07 bits per heavy atom. The van der Waals surface area contributed by atoms with E-state index in [0.29, 0.717) is 0 Å². The molecule has 0 aliphatic rings. The number of nitrogens with one attached hydrogen (secondary N) is 2. The molecule has 0 aromatic heterocycles. The summed E-state index contributed by atoms with van der Waals surface area (Å²) < 4.78 is 0. The lowest BCUT2D eigenvalue weighted by atomic mass is 10.1. The molecule has 0 aliphatic heterocycles. The molecule has 3 heteroatoms. The average molecular weight is 230 g/mol. The molecule has 0 saturated carbocycles. The van der Waals surface area contributed by atoms with E-state index in [2.05, 4.69) is 24.5 Å². The Kier molecular flexibility index (Phi) is 11.5. The zero-order valence-electron chi connectivity index (χ0n) is 10.3. The van der Waals surface area contributed by atoms with Gasteiger partial charge in [0.15, 0.2) is 5.11 Å². The van der Waals surface area contributed by atoms with E-state index in [9.17, 15) is 0 Å². The maximum absolute atomic E-state index is 5.07. The van der Waals surface area contributed by atoms with Crippen molar-refractivity contribution in [2.45, 2.75) is 58.8 Å². The second kappa shape index (κ2) is 11.8. The van der Waals surface area contributed by atoms with Crippen LogP contribution in [0.2, 0.25) is 0 Å². The third-order valence-corrected chi connectivity index (χ3v) is 2.69. The Morgan fingerprint density at radius 2 is 1.47 bits per heavy atom. The monoisotopic (exact) mass is 230 g/mol. The molecular weight excluding hydrogens is 204 g/mol. The molecular formula is C12H26N2S. The molecule has 2 nitrogen and oxygen atoms in total. The Morgan fingerprint density at radius 1 is 0.867 bits per heavy atom. The van der Waals surface area contributed by atoms with Crippen molar-refractivity contribution >= 4 is 17.3 Å². The summed E-state index contributed by atoms with van der Waals surface area (Å²) in [5, 5.41) is 7.09. The molecule has 0 heterocycles. The summed E-state index contributed by atoms with van der Waals surface area (Å²) in [6, 6.07) is 0. The van der Waals surface area contributed by atoms with E-state index in [-0.39, 0.29) is 0 Å². The summed E-state index contributed by atoms with van der Waals surface area (Å²) in [5.41, 5.74) is 0. The zero-order chi connectivity index (χ0) is 11.4. The first-order valence-electron chi connectivity index (χ1n) is 6.33. The smallest absolute Gasteiger partial charge is 0.166 e. The molecule has 0 spiro atoms. The summed E-state index contributed by atoms with van der Waals surface area (Å²) in [7, 11) is 0. The molecule has 0 amide bonds. The molecule has 2 N–H and O–H groups in total. The molecule has 15 heavy (non-hydrogen) atoms. The molecule has 0 aromatic carbocycles. The first kappa shape index (κ1) is 14.7. The quantitative estimate of drug-likeness (QED) is 0.470. The second-order valence-corrected chi connectivity index (χ2v) is 4.32. The summed E-state index contributed by atoms with van der Waals surface area (Å²) in [6.45, 7) is 6.23. The lowest BCUT2D eigenvalue weighted by molar-refractivity contribution is 0.585. The minimum atomic E-state index is 0.795. The van der Waals surface area contributed by atoms with E-state index in [4.69, 9.17) is 12.2 Å². The van der Waals surface area contributed by atoms with Gasteiger partial charge in [-0.05, 0) is 25.6 Å². The highest BCUT2D eigenvalue weighted by Crippen LogP contribution is 2.06. The maximum Gasteiger partial charge on any atom is 0.166 e. The molecule has 0 aliphatic carbocycles. The summed E-state index contributed by atoms with van der Waals surface area (Å²) in [5.74, 6) is 0. The van der Waals surface area contributed by atoms with Gasteiger partial charge in [-0.25, -0.2) is 0 Å². The van der Waals surface area contributed by atoms with Crippen LogP contribution in [0.25, 0.3) is 0 Å². The normalized spacial score (nSPS) is 10.0. The van der Waals surface area contributed by atoms with Crippen LogP contribution in [0.15, 0.2) is 0 Å². The highest BCUT2D eigenvalue weighted by atomic mass is 32.1. The van der Waals surface area contributed by atoms with Gasteiger partial charge in [-0.2, -0.15) is 0 Å². The highest BCUT2D eigenvalue weighted by Gasteiger charge is 1.93. The van der Waals surface area contributed by atoms with E-state index in [1.807, 2.05) is 0 Å². The van der Waals surface area contributed by atoms with Crippen LogP contribution in [0.3, 0.4) is 0 Å². The average Bonchev–Trinajstić information content (AvgIpc) is 2.22. The molecule has 0 unspecified atom stereocenters. The van der Waals surface area contributed by atoms with Gasteiger partial charge in [-0.15, -0.1) is 0 Å². The van der Waals surface area contributed by atoms with E-state index < -0.39 is 0 Å². The van der Waals surface area contributed by atoms with Gasteiger partial charge in [0.05, 0.1) is 0 Å². The number of thiocarbonyl (C=S) groups is 1. The molecule has 0 rings (SSSR count). The van der Waals surface area contributed by atoms with E-state index in [0.717, 1.165) is 18.2 Å². The second-order valence-electron chi connectivity index (χ2n) is 3.91. The Balaban J connectivity index is 3.01. The molecule has 0 fully saturated rings. The van der Waals surface area contributed by atoms with Crippen molar-refractivity contribution < 1.29 is 0 Å². The van der Waals surface area contributed by atoms with Gasteiger partial charge in [-0.1, -0.05) is 45.4 Å². The van der Waals surface area contributed by atoms with Crippen LogP contribution in [0.1, 0.15) is 58.8 Å². The van der Waals surface area contributed by atoms with Crippen molar-refractivity contribution in [1.82, 2.24) is 10.6 Å². The topological polar surface area (TPSA) is 24.1 Å². The van der Waals surface area contributed by atoms with Crippen LogP contribution in [0, 0.1) is 0 Å². The molecule has 0 bridgehead atoms. The lowest BCUT2D eigenvalue weighted by Gasteiger charge is -2.08. The molecule has 0 aromatic rings. The van der Waals surface area contributed by atoms with Crippen molar-refractivity contribution in [1.29, 1.82) is 0 Å². The molecule has 0 saturated heterocycles. The van der Waals surface area contributed by atoms with Crippen molar-refractivity contribution in [3.8, 4) is 0 Å². The van der Waals surface area contributed by atoms with Gasteiger partial charge in [0, 0.05) is 13.1 Å². The van der Waals surface area contributed by atoms with Crippen LogP contribution in [-0.2, 0) is 0 Å². The van der Waals surface area contributed by atoms with Gasteiger partial charge in [0.25, 0.3) is 0 Å². The highest BCUT2D eigenvalue weighted by molar-refractivity contribution is 7.80. The van der Waals surface area contributed by atoms with E-state index in [1.54, 1.807) is 0 Å². The van der Waals surface area contributed by atoms with Gasteiger partial charge in [0.2, 0.25) is 0 Å². The van der Waals surface area contributed by atoms with Crippen LogP contribution in [0.5, 0.6) is 0 Å². The molecule has 0 atom stereocenters. The lowest BCUT2D eigenvalue weighted by Crippen LogP contribution is -2.35. The predicted molar refractivity (Wildman–Crippen MR) is 72.3 cm³/mol. The summed E-state index contributed by atoms with van der Waals surface area (Å²) in [4.78, 5) is 0. The van der Waals surface area contributed by atoms with Crippen LogP contribution in [-0.4, -0.2) is 18.2 Å². The van der Waals surface area contributed by atoms with Crippen LogP contribution < -0.4 is 10.6 Å². The van der Waals surface area contributed by atoms with Crippen molar-refractivity contribution in [2.24, 2.45) is 0 Å². The van der Waals surface area contributed by atoms with Crippen molar-refractivity contribution in [3.63, 3.8) is 0 Å². The van der Waals surface area contributed by atoms with Gasteiger partial charge >= 0.3 is 0 Å². The van der Waals surface area contributed by atoms with Crippen molar-refractivity contribution in [3.05, 3.63) is 0 Å². The largest absolute Gasteiger partial charge is 0.363 e. The van der Waals surface area contributed by atoms with E-state index in [1.165, 1.54) is 44.9 Å². The fourth-order valence-electron chi connectivity index (χ4n) is 1.51. The SMILES string of the molecule is CCCCCCCCCNC(=S)NCC. The third-order valence-electron chi connectivity index (χ3n) is 2.40. The van der Waals surface area contributed by atoms with Crippen molar-refractivity contribution in [2.75, 3.05) is 13.1 Å². The standard InChI is InChI=1S/C12H26N2S/c1-3-5-6-7-8-9-10-11-14-12(15)13-4-2/h3-11H2,1-2H3,(H2,13,14,15). The van der Waals surface area contributed by atoms with E-state index >= 15 is 0 Å². The first-order chi connectivity index (χ1) is 7.31. The summed E-state index contributed by atoms with van der Waals surface area (Å²) in [6.07, 6.45) is 9.45. The van der Waals surface area contributed by atoms with Gasteiger partial charge in [-0.3, -0.25) is 0 Å². The zero-order valence-corrected chi connectivity index (χ0v) is 11.1. The third kappa shape index (κ3) is 11.6. The number of unbranched alkanes of at least 4 members (excludes halogenated alkanes) is 6. The number of hydrogen-bond donors (Lipinski definition) is 2. The maximum atomic E-state index is 5.07. The predicted octanol–water partition coefficient (Wildman–Crippen LogP) is 3.22. The van der Waals surface area contributed by atoms with Crippen LogP contribution in [0.4, 0.5) is 0 Å². The minimum Gasteiger partial charge on any atom is -0.363 e. The molecule has 0 radical (unpaired) electrons. The Bertz CT molecular complexity index is 149. The Labute approximate surface area is 100 Å². The van der Waals surface area contributed by atoms with Gasteiger partial charge in [0.1, 0.15) is 0 Å². The molecule has 90 valence electrons. The number of rotatable bonds is 9. The first-order valence-corrected chi connectivity index (χ1v) is 6.73. The number of hydrogen-bond acceptors (Lipinski definition) is 1. The minimum absolute atomic E-state index is 0.795.